The first-order valence-electron chi connectivity index (χ1n) is 9.27. The van der Waals surface area contributed by atoms with Crippen LogP contribution in [0.25, 0.3) is 0 Å². The van der Waals surface area contributed by atoms with Crippen LogP contribution in [0, 0.1) is 27.7 Å². The lowest BCUT2D eigenvalue weighted by molar-refractivity contribution is 0.577. The number of nitrogens with zero attached hydrogens (tertiary/aromatic N) is 3. The zero-order valence-electron chi connectivity index (χ0n) is 16.4. The Balaban J connectivity index is 1.81. The number of hydrogen-bond acceptors (Lipinski definition) is 5. The minimum absolute atomic E-state index is 0.130. The first-order chi connectivity index (χ1) is 13.4. The number of aliphatic imine (C=N–C) groups is 1. The quantitative estimate of drug-likeness (QED) is 0.714. The second-order valence-corrected chi connectivity index (χ2v) is 7.19. The molecule has 2 N–H and O–H groups in total. The van der Waals surface area contributed by atoms with Crippen molar-refractivity contribution in [3.63, 3.8) is 0 Å². The summed E-state index contributed by atoms with van der Waals surface area (Å²) in [5, 5.41) is 6.54. The zero-order chi connectivity index (χ0) is 19.8. The highest BCUT2D eigenvalue weighted by Crippen LogP contribution is 2.27. The van der Waals surface area contributed by atoms with Crippen molar-refractivity contribution in [2.24, 2.45) is 4.99 Å². The molecule has 0 unspecified atom stereocenters. The Morgan fingerprint density at radius 2 is 1.79 bits per heavy atom. The minimum Gasteiger partial charge on any atom is -0.326 e. The van der Waals surface area contributed by atoms with Crippen molar-refractivity contribution >= 4 is 17.6 Å². The van der Waals surface area contributed by atoms with Crippen LogP contribution in [0.15, 0.2) is 58.3 Å². The fourth-order valence-electron chi connectivity index (χ4n) is 3.29. The number of fused-ring (bicyclic) bond motifs is 1. The van der Waals surface area contributed by atoms with Gasteiger partial charge in [-0.3, -0.25) is 14.7 Å². The van der Waals surface area contributed by atoms with Gasteiger partial charge in [-0.2, -0.15) is 0 Å². The Kier molecular flexibility index (Phi) is 4.47. The fraction of sp³-hybridized carbons (Fsp3) is 0.227. The Bertz CT molecular complexity index is 1130. The van der Waals surface area contributed by atoms with Crippen LogP contribution in [0.2, 0.25) is 0 Å². The predicted molar refractivity (Wildman–Crippen MR) is 113 cm³/mol. The van der Waals surface area contributed by atoms with Crippen LogP contribution in [0.5, 0.6) is 0 Å². The third-order valence-electron chi connectivity index (χ3n) is 5.04. The van der Waals surface area contributed by atoms with Gasteiger partial charge in [-0.25, -0.2) is 9.98 Å². The van der Waals surface area contributed by atoms with Crippen LogP contribution >= 0.6 is 0 Å². The van der Waals surface area contributed by atoms with Crippen LogP contribution < -0.4 is 16.2 Å². The van der Waals surface area contributed by atoms with Gasteiger partial charge in [0.25, 0.3) is 5.56 Å². The summed E-state index contributed by atoms with van der Waals surface area (Å²) < 4.78 is 1.59. The third kappa shape index (κ3) is 3.29. The van der Waals surface area contributed by atoms with E-state index in [0.29, 0.717) is 17.6 Å². The van der Waals surface area contributed by atoms with Gasteiger partial charge in [0.05, 0.1) is 0 Å². The molecule has 0 radical (unpaired) electrons. The van der Waals surface area contributed by atoms with Crippen molar-refractivity contribution in [2.75, 3.05) is 10.6 Å². The second-order valence-electron chi connectivity index (χ2n) is 7.19. The number of aromatic nitrogens is 2. The van der Waals surface area contributed by atoms with E-state index in [4.69, 9.17) is 4.99 Å². The number of hydrogen-bond donors (Lipinski definition) is 2. The highest BCUT2D eigenvalue weighted by molar-refractivity contribution is 6.04. The number of anilines is 2. The van der Waals surface area contributed by atoms with Crippen molar-refractivity contribution in [2.45, 2.75) is 33.9 Å². The minimum atomic E-state index is -0.481. The molecule has 6 nitrogen and oxygen atoms in total. The molecule has 4 rings (SSSR count). The van der Waals surface area contributed by atoms with Gasteiger partial charge < -0.3 is 5.32 Å². The van der Waals surface area contributed by atoms with Gasteiger partial charge >= 0.3 is 0 Å². The molecule has 0 saturated carbocycles. The maximum Gasteiger partial charge on any atom is 0.257 e. The van der Waals surface area contributed by atoms with E-state index in [2.05, 4.69) is 35.5 Å². The van der Waals surface area contributed by atoms with E-state index in [1.54, 1.807) is 4.57 Å². The van der Waals surface area contributed by atoms with Gasteiger partial charge in [-0.15, -0.1) is 0 Å². The molecule has 3 aromatic rings. The molecule has 142 valence electrons. The molecule has 0 fully saturated rings. The van der Waals surface area contributed by atoms with E-state index in [-0.39, 0.29) is 5.56 Å². The largest absolute Gasteiger partial charge is 0.326 e. The third-order valence-corrected chi connectivity index (χ3v) is 5.04. The molecule has 0 spiro atoms. The molecule has 1 atom stereocenters. The van der Waals surface area contributed by atoms with Gasteiger partial charge in [0.2, 0.25) is 11.9 Å². The Morgan fingerprint density at radius 3 is 2.54 bits per heavy atom. The van der Waals surface area contributed by atoms with E-state index in [1.807, 2.05) is 50.2 Å². The van der Waals surface area contributed by atoms with E-state index < -0.39 is 6.17 Å². The summed E-state index contributed by atoms with van der Waals surface area (Å²) in [5.41, 5.74) is 5.94. The SMILES string of the molecule is Cc1ccc([C@@H]2N=C(Nc3cccc(C)c3C)Nc3nc(C)cc(=O)n32)cc1. The molecule has 1 aromatic heterocycles. The van der Waals surface area contributed by atoms with Gasteiger partial charge in [-0.05, 0) is 50.5 Å². The first kappa shape index (κ1) is 18.0. The standard InChI is InChI=1S/C22H23N5O/c1-13-8-10-17(11-9-13)20-25-21(24-18-7-5-6-14(2)16(18)4)26-22-23-15(3)12-19(28)27(20)22/h5-12,20H,1-4H3,(H2,23,24,25,26)/t20-/m1/s1. The highest BCUT2D eigenvalue weighted by Gasteiger charge is 2.25. The topological polar surface area (TPSA) is 71.3 Å². The summed E-state index contributed by atoms with van der Waals surface area (Å²) >= 11 is 0. The number of guanidine groups is 1. The van der Waals surface area contributed by atoms with Crippen molar-refractivity contribution in [3.8, 4) is 0 Å². The van der Waals surface area contributed by atoms with Crippen LogP contribution in [0.3, 0.4) is 0 Å². The number of rotatable bonds is 2. The summed E-state index contributed by atoms with van der Waals surface area (Å²) in [6.45, 7) is 7.99. The number of nitrogens with one attached hydrogen (secondary N) is 2. The molecule has 0 saturated heterocycles. The molecule has 0 aliphatic carbocycles. The summed E-state index contributed by atoms with van der Waals surface area (Å²) in [6.07, 6.45) is -0.481. The van der Waals surface area contributed by atoms with Crippen molar-refractivity contribution in [1.82, 2.24) is 9.55 Å². The Labute approximate surface area is 164 Å². The lowest BCUT2D eigenvalue weighted by atomic mass is 10.1. The van der Waals surface area contributed by atoms with Crippen LogP contribution in [-0.2, 0) is 0 Å². The summed E-state index contributed by atoms with van der Waals surface area (Å²) in [4.78, 5) is 22.0. The monoisotopic (exact) mass is 373 g/mol. The van der Waals surface area contributed by atoms with Gasteiger partial charge in [0.1, 0.15) is 0 Å². The average molecular weight is 373 g/mol. The predicted octanol–water partition coefficient (Wildman–Crippen LogP) is 3.92. The molecular formula is C22H23N5O. The Morgan fingerprint density at radius 1 is 1.04 bits per heavy atom. The average Bonchev–Trinajstić information content (AvgIpc) is 2.65. The van der Waals surface area contributed by atoms with E-state index in [9.17, 15) is 4.79 Å². The summed E-state index contributed by atoms with van der Waals surface area (Å²) in [7, 11) is 0. The van der Waals surface area contributed by atoms with Gasteiger partial charge in [-0.1, -0.05) is 42.0 Å². The maximum atomic E-state index is 12.7. The number of benzene rings is 2. The molecule has 2 heterocycles. The molecule has 1 aliphatic rings. The second kappa shape index (κ2) is 6.96. The lowest BCUT2D eigenvalue weighted by Gasteiger charge is -2.27. The maximum absolute atomic E-state index is 12.7. The van der Waals surface area contributed by atoms with Crippen molar-refractivity contribution < 1.29 is 0 Å². The number of aryl methyl sites for hydroxylation is 3. The van der Waals surface area contributed by atoms with Crippen LogP contribution in [-0.4, -0.2) is 15.5 Å². The molecule has 0 bridgehead atoms. The first-order valence-corrected chi connectivity index (χ1v) is 9.27. The van der Waals surface area contributed by atoms with Gasteiger partial charge in [0.15, 0.2) is 6.17 Å². The van der Waals surface area contributed by atoms with E-state index in [0.717, 1.165) is 22.4 Å². The molecule has 2 aromatic carbocycles. The smallest absolute Gasteiger partial charge is 0.257 e. The molecule has 28 heavy (non-hydrogen) atoms. The van der Waals surface area contributed by atoms with Gasteiger partial charge in [0, 0.05) is 17.4 Å². The fourth-order valence-corrected chi connectivity index (χ4v) is 3.29. The Hall–Kier alpha value is -3.41. The van der Waals surface area contributed by atoms with E-state index in [1.165, 1.54) is 11.6 Å². The molecule has 6 heteroatoms. The van der Waals surface area contributed by atoms with Crippen LogP contribution in [0.4, 0.5) is 11.6 Å². The van der Waals surface area contributed by atoms with E-state index >= 15 is 0 Å². The lowest BCUT2D eigenvalue weighted by Crippen LogP contribution is -2.37. The van der Waals surface area contributed by atoms with Crippen molar-refractivity contribution in [1.29, 1.82) is 0 Å². The molecule has 1 aliphatic heterocycles. The zero-order valence-corrected chi connectivity index (χ0v) is 16.4. The summed E-state index contributed by atoms with van der Waals surface area (Å²) in [5.74, 6) is 1.05. The van der Waals surface area contributed by atoms with Crippen LogP contribution in [0.1, 0.15) is 34.1 Å². The highest BCUT2D eigenvalue weighted by atomic mass is 16.1. The summed E-state index contributed by atoms with van der Waals surface area (Å²) in [6, 6.07) is 15.7. The van der Waals surface area contributed by atoms with Crippen molar-refractivity contribution in [3.05, 3.63) is 86.8 Å². The molecule has 0 amide bonds. The molecular weight excluding hydrogens is 350 g/mol. The normalized spacial score (nSPS) is 15.4.